The highest BCUT2D eigenvalue weighted by Gasteiger charge is 2.54. The fourth-order valence-corrected chi connectivity index (χ4v) is 9.89. The molecule has 0 bridgehead atoms. The number of pyridine rings is 2. The van der Waals surface area contributed by atoms with Gasteiger partial charge in [0.15, 0.2) is 0 Å². The van der Waals surface area contributed by atoms with Crippen LogP contribution < -0.4 is 9.80 Å². The monoisotopic (exact) mass is 759 g/mol. The summed E-state index contributed by atoms with van der Waals surface area (Å²) >= 11 is 1.62. The number of thiophene rings is 1. The Morgan fingerprint density at radius 3 is 1.91 bits per heavy atom. The van der Waals surface area contributed by atoms with Crippen LogP contribution in [0.1, 0.15) is 56.8 Å². The number of aromatic nitrogens is 4. The molecule has 4 fully saturated rings. The number of benzene rings is 2. The first-order valence-corrected chi connectivity index (χ1v) is 20.1. The first-order valence-electron chi connectivity index (χ1n) is 19.3. The van der Waals surface area contributed by atoms with E-state index in [0.717, 1.165) is 91.0 Å². The molecule has 2 spiro atoms. The molecular formula is C44H41N9O2S. The van der Waals surface area contributed by atoms with Crippen molar-refractivity contribution in [1.29, 1.82) is 5.26 Å². The van der Waals surface area contributed by atoms with Crippen LogP contribution in [0.15, 0.2) is 97.6 Å². The number of piperazine rings is 2. The third-order valence-corrected chi connectivity index (χ3v) is 13.3. The summed E-state index contributed by atoms with van der Waals surface area (Å²) in [5, 5.41) is 12.8. The molecule has 0 atom stereocenters. The molecule has 0 unspecified atom stereocenters. The van der Waals surface area contributed by atoms with Crippen LogP contribution in [0.25, 0.3) is 32.2 Å². The smallest absolute Gasteiger partial charge is 0.264 e. The fraction of sp³-hybridized carbons (Fsp3) is 0.295. The number of aryl methyl sites for hydroxylation is 1. The zero-order valence-electron chi connectivity index (χ0n) is 31.2. The van der Waals surface area contributed by atoms with Gasteiger partial charge in [-0.15, -0.1) is 11.3 Å². The molecule has 2 aromatic carbocycles. The van der Waals surface area contributed by atoms with Crippen molar-refractivity contribution in [2.45, 2.75) is 43.7 Å². The van der Waals surface area contributed by atoms with Crippen molar-refractivity contribution in [1.82, 2.24) is 29.7 Å². The maximum Gasteiger partial charge on any atom is 0.264 e. The molecule has 2 saturated heterocycles. The average Bonchev–Trinajstić information content (AvgIpc) is 3.90. The van der Waals surface area contributed by atoms with Gasteiger partial charge in [-0.1, -0.05) is 29.8 Å². The number of hydrogen-bond acceptors (Lipinski definition) is 8. The van der Waals surface area contributed by atoms with Gasteiger partial charge in [0.1, 0.15) is 11.3 Å². The number of nitrogens with one attached hydrogen (secondary N) is 2. The molecule has 2 amide bonds. The summed E-state index contributed by atoms with van der Waals surface area (Å²) in [6.45, 7) is 6.85. The minimum Gasteiger partial charge on any atom is -0.367 e. The summed E-state index contributed by atoms with van der Waals surface area (Å²) in [5.74, 6) is 0.174. The molecule has 0 radical (unpaired) electrons. The molecule has 11 nitrogen and oxygen atoms in total. The maximum atomic E-state index is 13.4. The quantitative estimate of drug-likeness (QED) is 0.190. The summed E-state index contributed by atoms with van der Waals surface area (Å²) in [6, 6.07) is 26.0. The molecule has 2 N–H and O–H groups in total. The molecule has 2 aliphatic heterocycles. The van der Waals surface area contributed by atoms with Crippen molar-refractivity contribution >= 4 is 66.7 Å². The largest absolute Gasteiger partial charge is 0.367 e. The fourth-order valence-electron chi connectivity index (χ4n) is 8.90. The third-order valence-electron chi connectivity index (χ3n) is 12.2. The lowest BCUT2D eigenvalue weighted by Gasteiger charge is -2.43. The number of anilines is 2. The highest BCUT2D eigenvalue weighted by Crippen LogP contribution is 2.48. The lowest BCUT2D eigenvalue weighted by atomic mass is 10.0. The van der Waals surface area contributed by atoms with Crippen LogP contribution in [0, 0.1) is 18.3 Å². The molecule has 7 heterocycles. The van der Waals surface area contributed by atoms with Crippen LogP contribution in [0.2, 0.25) is 0 Å². The Kier molecular flexibility index (Phi) is 8.11. The minimum absolute atomic E-state index is 0.0205. The van der Waals surface area contributed by atoms with E-state index in [2.05, 4.69) is 96.2 Å². The molecule has 280 valence electrons. The lowest BCUT2D eigenvalue weighted by molar-refractivity contribution is 0.0618. The highest BCUT2D eigenvalue weighted by molar-refractivity contribution is 7.20. The van der Waals surface area contributed by atoms with Crippen molar-refractivity contribution < 1.29 is 9.59 Å². The molecule has 2 saturated carbocycles. The topological polar surface area (TPSA) is 128 Å². The Labute approximate surface area is 328 Å². The Morgan fingerprint density at radius 1 is 0.732 bits per heavy atom. The van der Waals surface area contributed by atoms with E-state index in [0.29, 0.717) is 17.7 Å². The van der Waals surface area contributed by atoms with Gasteiger partial charge in [-0.3, -0.25) is 9.59 Å². The van der Waals surface area contributed by atoms with Gasteiger partial charge in [0, 0.05) is 90.9 Å². The number of carbonyl (C=O) groups excluding carboxylic acids is 2. The standard InChI is InChI=1S/C23H22N4OS.C21H19N5O/c1-15-2-3-19-16(12-15)13-20(29-19)22(28)27-11-10-26(14-23(27)6-7-23)18-5-9-25-21-17(18)4-8-24-21;22-13-15-3-1-2-4-16(15)20(27)26-12-11-25(14-21(26)7-8-21)18-6-10-24-19-17(18)5-9-23-19/h2-5,8-9,12-13H,6-7,10-11,14H2,1H3,(H,24,25);1-6,9-10H,7-8,11-12,14H2,(H,23,24). The third kappa shape index (κ3) is 5.85. The van der Waals surface area contributed by atoms with E-state index in [1.54, 1.807) is 29.5 Å². The summed E-state index contributed by atoms with van der Waals surface area (Å²) in [5.41, 5.74) is 6.24. The van der Waals surface area contributed by atoms with E-state index < -0.39 is 0 Å². The molecule has 56 heavy (non-hydrogen) atoms. The maximum absolute atomic E-state index is 13.4. The Hall–Kier alpha value is -6.19. The van der Waals surface area contributed by atoms with Crippen LogP contribution in [-0.2, 0) is 0 Å². The summed E-state index contributed by atoms with van der Waals surface area (Å²) < 4.78 is 1.19. The van der Waals surface area contributed by atoms with Crippen LogP contribution in [0.4, 0.5) is 11.4 Å². The van der Waals surface area contributed by atoms with Gasteiger partial charge >= 0.3 is 0 Å². The molecule has 5 aromatic heterocycles. The van der Waals surface area contributed by atoms with Crippen molar-refractivity contribution in [3.63, 3.8) is 0 Å². The van der Waals surface area contributed by atoms with Crippen molar-refractivity contribution in [3.05, 3.63) is 119 Å². The Morgan fingerprint density at radius 2 is 1.32 bits per heavy atom. The predicted octanol–water partition coefficient (Wildman–Crippen LogP) is 7.51. The van der Waals surface area contributed by atoms with Crippen LogP contribution >= 0.6 is 11.3 Å². The summed E-state index contributed by atoms with van der Waals surface area (Å²) in [4.78, 5) is 51.6. The second-order valence-electron chi connectivity index (χ2n) is 15.7. The number of amides is 2. The molecule has 4 aliphatic rings. The van der Waals surface area contributed by atoms with E-state index in [1.165, 1.54) is 21.3 Å². The van der Waals surface area contributed by atoms with E-state index >= 15 is 0 Å². The van der Waals surface area contributed by atoms with Crippen LogP contribution in [0.5, 0.6) is 0 Å². The van der Waals surface area contributed by atoms with Gasteiger partial charge in [0.25, 0.3) is 11.8 Å². The number of fused-ring (bicyclic) bond motifs is 3. The number of rotatable bonds is 4. The van der Waals surface area contributed by atoms with E-state index in [4.69, 9.17) is 0 Å². The summed E-state index contributed by atoms with van der Waals surface area (Å²) in [6.07, 6.45) is 11.7. The first kappa shape index (κ1) is 34.3. The number of nitrogens with zero attached hydrogens (tertiary/aromatic N) is 7. The highest BCUT2D eigenvalue weighted by atomic mass is 32.1. The molecule has 2 aliphatic carbocycles. The van der Waals surface area contributed by atoms with Crippen molar-refractivity contribution in [3.8, 4) is 6.07 Å². The average molecular weight is 760 g/mol. The number of aromatic amines is 2. The van der Waals surface area contributed by atoms with Gasteiger partial charge in [-0.25, -0.2) is 9.97 Å². The first-order chi connectivity index (χ1) is 27.3. The van der Waals surface area contributed by atoms with E-state index in [9.17, 15) is 14.9 Å². The Balaban J connectivity index is 0.000000138. The number of nitriles is 1. The van der Waals surface area contributed by atoms with Gasteiger partial charge in [0.05, 0.1) is 33.2 Å². The van der Waals surface area contributed by atoms with Crippen LogP contribution in [0.3, 0.4) is 0 Å². The zero-order chi connectivity index (χ0) is 38.0. The molecule has 12 heteroatoms. The molecular weight excluding hydrogens is 719 g/mol. The minimum atomic E-state index is -0.121. The van der Waals surface area contributed by atoms with Crippen LogP contribution in [-0.4, -0.2) is 91.9 Å². The SMILES string of the molecule is Cc1ccc2sc(C(=O)N3CCN(c4ccnc5[nH]ccc45)CC34CC4)cc2c1.N#Cc1ccccc1C(=O)N1CCN(c2ccnc3[nH]ccc23)CC12CC2. The second kappa shape index (κ2) is 13.2. The van der Waals surface area contributed by atoms with Crippen molar-refractivity contribution in [2.75, 3.05) is 49.1 Å². The number of carbonyl (C=O) groups is 2. The molecule has 11 rings (SSSR count). The lowest BCUT2D eigenvalue weighted by Crippen LogP contribution is -2.57. The van der Waals surface area contributed by atoms with Gasteiger partial charge in [0.2, 0.25) is 0 Å². The number of H-pyrrole nitrogens is 2. The molecule has 7 aromatic rings. The van der Waals surface area contributed by atoms with Crippen molar-refractivity contribution in [2.24, 2.45) is 0 Å². The van der Waals surface area contributed by atoms with Gasteiger partial charge in [-0.05, 0) is 86.5 Å². The van der Waals surface area contributed by atoms with Gasteiger partial charge < -0.3 is 29.6 Å². The summed E-state index contributed by atoms with van der Waals surface area (Å²) in [7, 11) is 0. The number of hydrogen-bond donors (Lipinski definition) is 2. The second-order valence-corrected chi connectivity index (χ2v) is 16.7. The predicted molar refractivity (Wildman–Crippen MR) is 220 cm³/mol. The van der Waals surface area contributed by atoms with E-state index in [1.807, 2.05) is 35.8 Å². The normalized spacial score (nSPS) is 18.0. The zero-order valence-corrected chi connectivity index (χ0v) is 32.0. The van der Waals surface area contributed by atoms with E-state index in [-0.39, 0.29) is 22.9 Å². The van der Waals surface area contributed by atoms with Gasteiger partial charge in [-0.2, -0.15) is 5.26 Å². The Bertz CT molecular complexity index is 2700.